The fourth-order valence-electron chi connectivity index (χ4n) is 2.88. The van der Waals surface area contributed by atoms with Gasteiger partial charge in [0.1, 0.15) is 5.75 Å². The number of carbonyl (C=O) groups excluding carboxylic acids is 2. The molecule has 0 aromatic heterocycles. The van der Waals surface area contributed by atoms with Crippen molar-refractivity contribution in [3.05, 3.63) is 47.0 Å². The monoisotopic (exact) mass is 404 g/mol. The molecule has 0 saturated carbocycles. The summed E-state index contributed by atoms with van der Waals surface area (Å²) in [5.41, 5.74) is 1.50. The van der Waals surface area contributed by atoms with Gasteiger partial charge in [0.25, 0.3) is 5.91 Å². The highest BCUT2D eigenvalue weighted by atomic mass is 35.5. The molecule has 0 spiro atoms. The highest BCUT2D eigenvalue weighted by Gasteiger charge is 2.29. The molecule has 0 radical (unpaired) electrons. The maximum absolute atomic E-state index is 12.2. The van der Waals surface area contributed by atoms with Gasteiger partial charge in [-0.2, -0.15) is 0 Å². The number of hydrogen-bond acceptors (Lipinski definition) is 5. The molecule has 28 heavy (non-hydrogen) atoms. The van der Waals surface area contributed by atoms with Crippen LogP contribution in [0.2, 0.25) is 5.02 Å². The molecule has 3 rings (SSSR count). The van der Waals surface area contributed by atoms with E-state index in [0.717, 1.165) is 5.56 Å². The van der Waals surface area contributed by atoms with Gasteiger partial charge in [-0.05, 0) is 42.3 Å². The smallest absolute Gasteiger partial charge is 0.266 e. The number of rotatable bonds is 7. The van der Waals surface area contributed by atoms with Crippen molar-refractivity contribution in [3.63, 3.8) is 0 Å². The van der Waals surface area contributed by atoms with Crippen molar-refractivity contribution in [1.82, 2.24) is 5.32 Å². The van der Waals surface area contributed by atoms with Crippen LogP contribution in [-0.4, -0.2) is 38.7 Å². The molecule has 8 heteroatoms. The molecule has 0 bridgehead atoms. The van der Waals surface area contributed by atoms with Crippen LogP contribution in [0.25, 0.3) is 0 Å². The number of amides is 2. The van der Waals surface area contributed by atoms with Crippen molar-refractivity contribution in [3.8, 4) is 17.2 Å². The van der Waals surface area contributed by atoms with E-state index in [4.69, 9.17) is 25.8 Å². The standard InChI is InChI=1S/C20H21ClN2O5/c1-26-16-5-3-12(9-17(16)27-2)7-8-22-19(24)11-18-20(25)23-14-10-13(21)4-6-15(14)28-18/h3-6,9-10,18H,7-8,11H2,1-2H3,(H,22,24)(H,23,25)/t18-/m0/s1. The molecule has 1 aliphatic heterocycles. The van der Waals surface area contributed by atoms with Gasteiger partial charge in [-0.25, -0.2) is 0 Å². The van der Waals surface area contributed by atoms with Crippen LogP contribution in [0.15, 0.2) is 36.4 Å². The predicted molar refractivity (Wildman–Crippen MR) is 105 cm³/mol. The van der Waals surface area contributed by atoms with Crippen molar-refractivity contribution in [2.45, 2.75) is 18.9 Å². The zero-order valence-electron chi connectivity index (χ0n) is 15.6. The summed E-state index contributed by atoms with van der Waals surface area (Å²) in [7, 11) is 3.15. The Labute approximate surface area is 167 Å². The topological polar surface area (TPSA) is 85.9 Å². The Balaban J connectivity index is 1.51. The number of anilines is 1. The van der Waals surface area contributed by atoms with Crippen LogP contribution in [0.5, 0.6) is 17.2 Å². The third-order valence-electron chi connectivity index (χ3n) is 4.32. The molecule has 0 fully saturated rings. The first-order valence-electron chi connectivity index (χ1n) is 8.75. The number of carbonyl (C=O) groups is 2. The van der Waals surface area contributed by atoms with E-state index < -0.39 is 6.10 Å². The summed E-state index contributed by atoms with van der Waals surface area (Å²) in [6.45, 7) is 0.425. The van der Waals surface area contributed by atoms with E-state index in [-0.39, 0.29) is 18.2 Å². The molecule has 0 unspecified atom stereocenters. The molecule has 1 aliphatic rings. The van der Waals surface area contributed by atoms with Gasteiger partial charge in [-0.1, -0.05) is 17.7 Å². The fourth-order valence-corrected chi connectivity index (χ4v) is 3.05. The minimum Gasteiger partial charge on any atom is -0.493 e. The van der Waals surface area contributed by atoms with E-state index in [1.807, 2.05) is 18.2 Å². The number of fused-ring (bicyclic) bond motifs is 1. The molecule has 0 saturated heterocycles. The Bertz CT molecular complexity index is 887. The molecular weight excluding hydrogens is 384 g/mol. The van der Waals surface area contributed by atoms with Gasteiger partial charge < -0.3 is 24.8 Å². The highest BCUT2D eigenvalue weighted by molar-refractivity contribution is 6.31. The van der Waals surface area contributed by atoms with Gasteiger partial charge in [0, 0.05) is 11.6 Å². The minimum absolute atomic E-state index is 0.0696. The van der Waals surface area contributed by atoms with E-state index in [1.54, 1.807) is 32.4 Å². The van der Waals surface area contributed by atoms with Crippen LogP contribution in [0.4, 0.5) is 5.69 Å². The number of ether oxygens (including phenoxy) is 3. The van der Waals surface area contributed by atoms with Gasteiger partial charge >= 0.3 is 0 Å². The van der Waals surface area contributed by atoms with Crippen LogP contribution >= 0.6 is 11.6 Å². The van der Waals surface area contributed by atoms with E-state index in [1.165, 1.54) is 0 Å². The zero-order chi connectivity index (χ0) is 20.1. The Morgan fingerprint density at radius 3 is 2.71 bits per heavy atom. The summed E-state index contributed by atoms with van der Waals surface area (Å²) in [4.78, 5) is 24.3. The van der Waals surface area contributed by atoms with Crippen molar-refractivity contribution in [2.24, 2.45) is 0 Å². The lowest BCUT2D eigenvalue weighted by atomic mass is 10.1. The minimum atomic E-state index is -0.880. The average molecular weight is 405 g/mol. The molecule has 7 nitrogen and oxygen atoms in total. The highest BCUT2D eigenvalue weighted by Crippen LogP contribution is 2.32. The molecule has 1 heterocycles. The Morgan fingerprint density at radius 1 is 1.18 bits per heavy atom. The molecule has 2 amide bonds. The second-order valence-electron chi connectivity index (χ2n) is 6.23. The summed E-state index contributed by atoms with van der Waals surface area (Å²) < 4.78 is 16.1. The molecule has 148 valence electrons. The summed E-state index contributed by atoms with van der Waals surface area (Å²) in [6, 6.07) is 10.5. The zero-order valence-corrected chi connectivity index (χ0v) is 16.3. The summed E-state index contributed by atoms with van der Waals surface area (Å²) >= 11 is 5.90. The van der Waals surface area contributed by atoms with E-state index in [9.17, 15) is 9.59 Å². The Kier molecular flexibility index (Phi) is 6.26. The predicted octanol–water partition coefficient (Wildman–Crippen LogP) is 2.81. The van der Waals surface area contributed by atoms with Crippen LogP contribution in [-0.2, 0) is 16.0 Å². The second kappa shape index (κ2) is 8.84. The number of nitrogens with one attached hydrogen (secondary N) is 2. The van der Waals surface area contributed by atoms with Crippen LogP contribution in [0.1, 0.15) is 12.0 Å². The van der Waals surface area contributed by atoms with Gasteiger partial charge in [0.15, 0.2) is 17.6 Å². The van der Waals surface area contributed by atoms with E-state index >= 15 is 0 Å². The summed E-state index contributed by atoms with van der Waals surface area (Å²) in [6.07, 6.45) is -0.333. The van der Waals surface area contributed by atoms with Crippen molar-refractivity contribution >= 4 is 29.1 Å². The normalized spacial score (nSPS) is 15.1. The van der Waals surface area contributed by atoms with Crippen LogP contribution in [0, 0.1) is 0 Å². The van der Waals surface area contributed by atoms with Crippen LogP contribution in [0.3, 0.4) is 0 Å². The second-order valence-corrected chi connectivity index (χ2v) is 6.67. The maximum Gasteiger partial charge on any atom is 0.266 e. The molecule has 2 N–H and O–H groups in total. The number of methoxy groups -OCH3 is 2. The number of hydrogen-bond donors (Lipinski definition) is 2. The van der Waals surface area contributed by atoms with E-state index in [2.05, 4.69) is 10.6 Å². The van der Waals surface area contributed by atoms with Gasteiger partial charge in [-0.15, -0.1) is 0 Å². The third-order valence-corrected chi connectivity index (χ3v) is 4.55. The largest absolute Gasteiger partial charge is 0.493 e. The maximum atomic E-state index is 12.2. The first kappa shape index (κ1) is 19.8. The lowest BCUT2D eigenvalue weighted by Crippen LogP contribution is -2.41. The summed E-state index contributed by atoms with van der Waals surface area (Å²) in [5, 5.41) is 6.01. The van der Waals surface area contributed by atoms with Gasteiger partial charge in [0.05, 0.1) is 26.3 Å². The quantitative estimate of drug-likeness (QED) is 0.741. The molecular formula is C20H21ClN2O5. The number of halogens is 1. The molecule has 2 aromatic rings. The molecule has 2 aromatic carbocycles. The van der Waals surface area contributed by atoms with Gasteiger partial charge in [-0.3, -0.25) is 9.59 Å². The van der Waals surface area contributed by atoms with Crippen molar-refractivity contribution in [2.75, 3.05) is 26.1 Å². The Morgan fingerprint density at radius 2 is 1.96 bits per heavy atom. The number of benzene rings is 2. The van der Waals surface area contributed by atoms with E-state index in [0.29, 0.717) is 40.9 Å². The lowest BCUT2D eigenvalue weighted by Gasteiger charge is -2.25. The van der Waals surface area contributed by atoms with Crippen molar-refractivity contribution < 1.29 is 23.8 Å². The first-order chi connectivity index (χ1) is 13.5. The summed E-state index contributed by atoms with van der Waals surface area (Å²) in [5.74, 6) is 1.14. The van der Waals surface area contributed by atoms with Crippen LogP contribution < -0.4 is 24.8 Å². The third kappa shape index (κ3) is 4.67. The molecule has 0 aliphatic carbocycles. The fraction of sp³-hybridized carbons (Fsp3) is 0.300. The first-order valence-corrected chi connectivity index (χ1v) is 9.12. The SMILES string of the molecule is COc1ccc(CCNC(=O)C[C@@H]2Oc3ccc(Cl)cc3NC2=O)cc1OC. The van der Waals surface area contributed by atoms with Gasteiger partial charge in [0.2, 0.25) is 5.91 Å². The molecule has 1 atom stereocenters. The Hall–Kier alpha value is -2.93. The van der Waals surface area contributed by atoms with Crippen molar-refractivity contribution in [1.29, 1.82) is 0 Å². The average Bonchev–Trinajstić information content (AvgIpc) is 2.68. The lowest BCUT2D eigenvalue weighted by molar-refractivity contribution is -0.130.